The Hall–Kier alpha value is -1.12. The maximum atomic E-state index is 6.21. The van der Waals surface area contributed by atoms with Gasteiger partial charge in [0.15, 0.2) is 0 Å². The zero-order chi connectivity index (χ0) is 13.3. The van der Waals surface area contributed by atoms with Gasteiger partial charge in [-0.05, 0) is 48.6 Å². The second-order valence-electron chi connectivity index (χ2n) is 5.22. The second kappa shape index (κ2) is 5.25. The van der Waals surface area contributed by atoms with Crippen molar-refractivity contribution in [2.45, 2.75) is 33.7 Å². The third-order valence-electron chi connectivity index (χ3n) is 3.54. The van der Waals surface area contributed by atoms with Crippen molar-refractivity contribution in [3.8, 4) is 10.4 Å². The largest absolute Gasteiger partial charge is 0.323 e. The van der Waals surface area contributed by atoms with Gasteiger partial charge in [0.2, 0.25) is 0 Å². The summed E-state index contributed by atoms with van der Waals surface area (Å²) in [6, 6.07) is 11.0. The topological polar surface area (TPSA) is 26.0 Å². The number of hydrogen-bond donors (Lipinski definition) is 1. The Morgan fingerprint density at radius 3 is 2.44 bits per heavy atom. The lowest BCUT2D eigenvalue weighted by molar-refractivity contribution is 0.521. The number of rotatable bonds is 3. The van der Waals surface area contributed by atoms with Gasteiger partial charge in [-0.25, -0.2) is 0 Å². The first-order valence-electron chi connectivity index (χ1n) is 6.42. The first kappa shape index (κ1) is 13.3. The summed E-state index contributed by atoms with van der Waals surface area (Å²) in [4.78, 5) is 2.60. The van der Waals surface area contributed by atoms with Crippen molar-refractivity contribution < 1.29 is 0 Å². The van der Waals surface area contributed by atoms with Crippen LogP contribution in [-0.4, -0.2) is 0 Å². The molecule has 0 amide bonds. The molecule has 1 unspecified atom stereocenters. The summed E-state index contributed by atoms with van der Waals surface area (Å²) < 4.78 is 0. The Kier molecular flexibility index (Phi) is 3.88. The van der Waals surface area contributed by atoms with Crippen molar-refractivity contribution in [1.29, 1.82) is 0 Å². The molecule has 2 aromatic rings. The average molecular weight is 259 g/mol. The zero-order valence-corrected chi connectivity index (χ0v) is 12.3. The molecule has 2 N–H and O–H groups in total. The standard InChI is InChI=1S/C16H21NS/c1-10(2)16(17)15-9-8-14(18-15)13-7-5-6-11(3)12(13)4/h5-10,16H,17H2,1-4H3. The average Bonchev–Trinajstić information content (AvgIpc) is 2.80. The molecule has 18 heavy (non-hydrogen) atoms. The fraction of sp³-hybridized carbons (Fsp3) is 0.375. The normalized spacial score (nSPS) is 13.0. The van der Waals surface area contributed by atoms with Gasteiger partial charge in [-0.3, -0.25) is 0 Å². The molecule has 1 aromatic heterocycles. The fourth-order valence-corrected chi connectivity index (χ4v) is 3.29. The van der Waals surface area contributed by atoms with E-state index in [1.807, 2.05) is 11.3 Å². The Morgan fingerprint density at radius 2 is 1.78 bits per heavy atom. The summed E-state index contributed by atoms with van der Waals surface area (Å²) in [6.45, 7) is 8.68. The first-order chi connectivity index (χ1) is 8.50. The van der Waals surface area contributed by atoms with E-state index in [0.29, 0.717) is 5.92 Å². The SMILES string of the molecule is Cc1cccc(-c2ccc(C(N)C(C)C)s2)c1C. The lowest BCUT2D eigenvalue weighted by Gasteiger charge is -2.13. The molecule has 0 spiro atoms. The van der Waals surface area contributed by atoms with Gasteiger partial charge in [0.25, 0.3) is 0 Å². The highest BCUT2D eigenvalue weighted by Crippen LogP contribution is 2.35. The lowest BCUT2D eigenvalue weighted by atomic mass is 10.0. The van der Waals surface area contributed by atoms with Gasteiger partial charge < -0.3 is 5.73 Å². The van der Waals surface area contributed by atoms with Crippen LogP contribution in [0.25, 0.3) is 10.4 Å². The molecule has 0 aliphatic rings. The van der Waals surface area contributed by atoms with Crippen LogP contribution in [-0.2, 0) is 0 Å². The minimum absolute atomic E-state index is 0.147. The number of thiophene rings is 1. The summed E-state index contributed by atoms with van der Waals surface area (Å²) in [5.41, 5.74) is 10.3. The van der Waals surface area contributed by atoms with Crippen molar-refractivity contribution in [2.24, 2.45) is 11.7 Å². The monoisotopic (exact) mass is 259 g/mol. The van der Waals surface area contributed by atoms with Crippen LogP contribution < -0.4 is 5.73 Å². The molecule has 0 aliphatic carbocycles. The molecule has 0 bridgehead atoms. The van der Waals surface area contributed by atoms with Gasteiger partial charge >= 0.3 is 0 Å². The van der Waals surface area contributed by atoms with Crippen LogP contribution in [0.1, 0.15) is 35.9 Å². The molecule has 0 radical (unpaired) electrons. The van der Waals surface area contributed by atoms with E-state index in [0.717, 1.165) is 0 Å². The quantitative estimate of drug-likeness (QED) is 0.850. The highest BCUT2D eigenvalue weighted by atomic mass is 32.1. The zero-order valence-electron chi connectivity index (χ0n) is 11.5. The predicted octanol–water partition coefficient (Wildman–Crippen LogP) is 4.69. The number of aryl methyl sites for hydroxylation is 1. The summed E-state index contributed by atoms with van der Waals surface area (Å²) in [6.07, 6.45) is 0. The molecule has 2 rings (SSSR count). The number of hydrogen-bond acceptors (Lipinski definition) is 2. The molecule has 0 aliphatic heterocycles. The van der Waals surface area contributed by atoms with E-state index in [2.05, 4.69) is 58.0 Å². The third-order valence-corrected chi connectivity index (χ3v) is 4.76. The summed E-state index contributed by atoms with van der Waals surface area (Å²) >= 11 is 1.82. The van der Waals surface area contributed by atoms with E-state index in [-0.39, 0.29) is 6.04 Å². The van der Waals surface area contributed by atoms with Gasteiger partial charge in [-0.2, -0.15) is 0 Å². The molecule has 0 fully saturated rings. The highest BCUT2D eigenvalue weighted by molar-refractivity contribution is 7.15. The van der Waals surface area contributed by atoms with Crippen molar-refractivity contribution >= 4 is 11.3 Å². The smallest absolute Gasteiger partial charge is 0.0413 e. The van der Waals surface area contributed by atoms with E-state index in [1.54, 1.807) is 0 Å². The molecule has 1 atom stereocenters. The van der Waals surface area contributed by atoms with Crippen LogP contribution in [0.3, 0.4) is 0 Å². The lowest BCUT2D eigenvalue weighted by Crippen LogP contribution is -2.14. The molecule has 96 valence electrons. The van der Waals surface area contributed by atoms with E-state index in [9.17, 15) is 0 Å². The molecular formula is C16H21NS. The van der Waals surface area contributed by atoms with Crippen LogP contribution >= 0.6 is 11.3 Å². The molecule has 1 heterocycles. The fourth-order valence-electron chi connectivity index (χ4n) is 2.02. The van der Waals surface area contributed by atoms with Crippen molar-refractivity contribution in [3.05, 3.63) is 46.3 Å². The van der Waals surface area contributed by atoms with Crippen molar-refractivity contribution in [1.82, 2.24) is 0 Å². The second-order valence-corrected chi connectivity index (χ2v) is 6.33. The number of nitrogens with two attached hydrogens (primary N) is 1. The first-order valence-corrected chi connectivity index (χ1v) is 7.24. The van der Waals surface area contributed by atoms with Crippen LogP contribution in [0.2, 0.25) is 0 Å². The summed E-state index contributed by atoms with van der Waals surface area (Å²) in [7, 11) is 0. The van der Waals surface area contributed by atoms with Crippen LogP contribution in [0.5, 0.6) is 0 Å². The van der Waals surface area contributed by atoms with Crippen LogP contribution in [0.15, 0.2) is 30.3 Å². The molecule has 1 nitrogen and oxygen atoms in total. The van der Waals surface area contributed by atoms with E-state index >= 15 is 0 Å². The Morgan fingerprint density at radius 1 is 1.06 bits per heavy atom. The van der Waals surface area contributed by atoms with Gasteiger partial charge in [-0.15, -0.1) is 11.3 Å². The van der Waals surface area contributed by atoms with Crippen LogP contribution in [0, 0.1) is 19.8 Å². The molecule has 1 aromatic carbocycles. The van der Waals surface area contributed by atoms with Crippen molar-refractivity contribution in [2.75, 3.05) is 0 Å². The molecule has 2 heteroatoms. The van der Waals surface area contributed by atoms with Gasteiger partial charge in [0.1, 0.15) is 0 Å². The Labute approximate surface area is 114 Å². The summed E-state index contributed by atoms with van der Waals surface area (Å²) in [5, 5.41) is 0. The van der Waals surface area contributed by atoms with Crippen molar-refractivity contribution in [3.63, 3.8) is 0 Å². The number of benzene rings is 1. The van der Waals surface area contributed by atoms with Gasteiger partial charge in [0, 0.05) is 15.8 Å². The van der Waals surface area contributed by atoms with Gasteiger partial charge in [-0.1, -0.05) is 32.0 Å². The van der Waals surface area contributed by atoms with E-state index in [4.69, 9.17) is 5.73 Å². The van der Waals surface area contributed by atoms with Gasteiger partial charge in [0.05, 0.1) is 0 Å². The van der Waals surface area contributed by atoms with E-state index in [1.165, 1.54) is 26.4 Å². The predicted molar refractivity (Wildman–Crippen MR) is 81.0 cm³/mol. The Bertz CT molecular complexity index is 540. The summed E-state index contributed by atoms with van der Waals surface area (Å²) in [5.74, 6) is 0.482. The molecule has 0 saturated heterocycles. The van der Waals surface area contributed by atoms with E-state index < -0.39 is 0 Å². The maximum Gasteiger partial charge on any atom is 0.0413 e. The minimum Gasteiger partial charge on any atom is -0.323 e. The third kappa shape index (κ3) is 2.50. The minimum atomic E-state index is 0.147. The molecular weight excluding hydrogens is 238 g/mol. The Balaban J connectivity index is 2.38. The highest BCUT2D eigenvalue weighted by Gasteiger charge is 2.14. The molecule has 0 saturated carbocycles. The van der Waals surface area contributed by atoms with Crippen LogP contribution in [0.4, 0.5) is 0 Å². The maximum absolute atomic E-state index is 6.21.